The van der Waals surface area contributed by atoms with Crippen LogP contribution >= 0.6 is 0 Å². The molecule has 0 radical (unpaired) electrons. The number of carboxylic acids is 1. The van der Waals surface area contributed by atoms with Crippen LogP contribution in [0.15, 0.2) is 60.0 Å². The molecule has 0 aromatic heterocycles. The largest absolute Gasteiger partial charge is 0.494 e. The number of sulfonamides is 1. The third kappa shape index (κ3) is 8.02. The van der Waals surface area contributed by atoms with Gasteiger partial charge in [0.15, 0.2) is 0 Å². The van der Waals surface area contributed by atoms with E-state index in [1.807, 2.05) is 0 Å². The van der Waals surface area contributed by atoms with Crippen LogP contribution in [0.25, 0.3) is 6.08 Å². The molecule has 2 aromatic rings. The number of rotatable bonds is 13. The van der Waals surface area contributed by atoms with Crippen LogP contribution in [0.4, 0.5) is 0 Å². The third-order valence-electron chi connectivity index (χ3n) is 4.23. The van der Waals surface area contributed by atoms with Gasteiger partial charge < -0.3 is 15.6 Å². The SMILES string of the molecule is C=Cc1ccc(S(=O)(=O)N[C@@H](Cc2ccc(OCCCONC(=N)N)cc2)C(=O)O)cc1. The number of nitrogens with two attached hydrogens (primary N) is 1. The number of hydroxylamine groups is 1. The van der Waals surface area contributed by atoms with Gasteiger partial charge in [-0.15, -0.1) is 0 Å². The summed E-state index contributed by atoms with van der Waals surface area (Å²) in [5.74, 6) is -0.993. The van der Waals surface area contributed by atoms with Crippen molar-refractivity contribution in [3.05, 3.63) is 66.2 Å². The first-order valence-electron chi connectivity index (χ1n) is 9.62. The standard InChI is InChI=1S/C21H26N4O6S/c1-2-15-6-10-18(11-7-15)32(28,29)25-19(20(26)27)14-16-4-8-17(9-5-16)30-12-3-13-31-24-21(22)23/h2,4-11,19,25H,1,3,12-14H2,(H,26,27)(H4,22,23,24)/t19-/m0/s1. The number of aliphatic carboxylic acids is 1. The molecule has 0 bridgehead atoms. The van der Waals surface area contributed by atoms with Gasteiger partial charge in [-0.2, -0.15) is 4.72 Å². The molecule has 32 heavy (non-hydrogen) atoms. The van der Waals surface area contributed by atoms with E-state index < -0.39 is 22.0 Å². The van der Waals surface area contributed by atoms with Crippen LogP contribution in [0.5, 0.6) is 5.75 Å². The normalized spacial score (nSPS) is 12.0. The molecule has 0 fully saturated rings. The lowest BCUT2D eigenvalue weighted by Crippen LogP contribution is -2.42. The number of carbonyl (C=O) groups is 1. The lowest BCUT2D eigenvalue weighted by Gasteiger charge is -2.15. The highest BCUT2D eigenvalue weighted by molar-refractivity contribution is 7.89. The maximum Gasteiger partial charge on any atom is 0.322 e. The second kappa shape index (κ2) is 11.8. The predicted octanol–water partition coefficient (Wildman–Crippen LogP) is 1.49. The Morgan fingerprint density at radius 2 is 1.81 bits per heavy atom. The summed E-state index contributed by atoms with van der Waals surface area (Å²) in [5, 5.41) is 16.4. The van der Waals surface area contributed by atoms with E-state index in [2.05, 4.69) is 16.8 Å². The van der Waals surface area contributed by atoms with Crippen LogP contribution in [-0.4, -0.2) is 44.7 Å². The maximum absolute atomic E-state index is 12.6. The van der Waals surface area contributed by atoms with Crippen LogP contribution in [0.3, 0.4) is 0 Å². The lowest BCUT2D eigenvalue weighted by atomic mass is 10.1. The molecule has 1 atom stereocenters. The summed E-state index contributed by atoms with van der Waals surface area (Å²) in [6.07, 6.45) is 2.10. The van der Waals surface area contributed by atoms with Crippen LogP contribution < -0.4 is 20.7 Å². The quantitative estimate of drug-likeness (QED) is 0.129. The summed E-state index contributed by atoms with van der Waals surface area (Å²) in [4.78, 5) is 16.5. The van der Waals surface area contributed by atoms with Crippen LogP contribution in [0, 0.1) is 5.41 Å². The fourth-order valence-corrected chi connectivity index (χ4v) is 3.81. The number of benzene rings is 2. The summed E-state index contributed by atoms with van der Waals surface area (Å²) in [6.45, 7) is 4.27. The summed E-state index contributed by atoms with van der Waals surface area (Å²) in [5.41, 5.74) is 8.67. The Morgan fingerprint density at radius 3 is 2.38 bits per heavy atom. The first-order valence-corrected chi connectivity index (χ1v) is 11.1. The minimum atomic E-state index is -4.01. The molecule has 0 amide bonds. The zero-order valence-electron chi connectivity index (χ0n) is 17.3. The fourth-order valence-electron chi connectivity index (χ4n) is 2.63. The number of nitrogens with one attached hydrogen (secondary N) is 3. The van der Waals surface area contributed by atoms with E-state index in [0.29, 0.717) is 30.9 Å². The van der Waals surface area contributed by atoms with Gasteiger partial charge in [-0.05, 0) is 41.8 Å². The summed E-state index contributed by atoms with van der Waals surface area (Å²) < 4.78 is 32.9. The Hall–Kier alpha value is -3.41. The van der Waals surface area contributed by atoms with Crippen molar-refractivity contribution in [1.82, 2.24) is 10.2 Å². The minimum Gasteiger partial charge on any atom is -0.494 e. The molecule has 0 aliphatic carbocycles. The highest BCUT2D eigenvalue weighted by Crippen LogP contribution is 2.16. The van der Waals surface area contributed by atoms with Gasteiger partial charge in [0.25, 0.3) is 0 Å². The molecule has 0 heterocycles. The zero-order valence-corrected chi connectivity index (χ0v) is 18.1. The van der Waals surface area contributed by atoms with Gasteiger partial charge in [-0.25, -0.2) is 13.9 Å². The van der Waals surface area contributed by atoms with Crippen molar-refractivity contribution in [3.63, 3.8) is 0 Å². The van der Waals surface area contributed by atoms with E-state index in [4.69, 9.17) is 20.7 Å². The molecule has 0 saturated carbocycles. The number of guanidine groups is 1. The number of carboxylic acid groups (broad SMARTS) is 1. The van der Waals surface area contributed by atoms with E-state index in [-0.39, 0.29) is 17.3 Å². The molecule has 0 spiro atoms. The molecule has 11 heteroatoms. The van der Waals surface area contributed by atoms with Crippen LogP contribution in [0.1, 0.15) is 17.5 Å². The van der Waals surface area contributed by atoms with E-state index in [0.717, 1.165) is 5.56 Å². The van der Waals surface area contributed by atoms with E-state index in [1.165, 1.54) is 12.1 Å². The number of hydrogen-bond acceptors (Lipinski definition) is 6. The number of ether oxygens (including phenoxy) is 1. The third-order valence-corrected chi connectivity index (χ3v) is 5.71. The highest BCUT2D eigenvalue weighted by atomic mass is 32.2. The van der Waals surface area contributed by atoms with Crippen molar-refractivity contribution in [2.45, 2.75) is 23.8 Å². The first kappa shape index (κ1) is 24.9. The second-order valence-corrected chi connectivity index (χ2v) is 8.41. The molecule has 10 nitrogen and oxygen atoms in total. The Bertz CT molecular complexity index is 1020. The van der Waals surface area contributed by atoms with Crippen molar-refractivity contribution < 1.29 is 27.9 Å². The van der Waals surface area contributed by atoms with Gasteiger partial charge in [0.05, 0.1) is 18.1 Å². The summed E-state index contributed by atoms with van der Waals surface area (Å²) in [7, 11) is -4.01. The van der Waals surface area contributed by atoms with Gasteiger partial charge in [-0.3, -0.25) is 15.0 Å². The molecule has 172 valence electrons. The topological polar surface area (TPSA) is 164 Å². The zero-order chi connectivity index (χ0) is 23.6. The smallest absolute Gasteiger partial charge is 0.322 e. The van der Waals surface area contributed by atoms with Gasteiger partial charge in [0, 0.05) is 6.42 Å². The van der Waals surface area contributed by atoms with Crippen molar-refractivity contribution in [3.8, 4) is 5.75 Å². The summed E-state index contributed by atoms with van der Waals surface area (Å²) in [6, 6.07) is 11.3. The fraction of sp³-hybridized carbons (Fsp3) is 0.238. The van der Waals surface area contributed by atoms with Crippen LogP contribution in [-0.2, 0) is 26.1 Å². The van der Waals surface area contributed by atoms with Gasteiger partial charge in [0.1, 0.15) is 11.8 Å². The maximum atomic E-state index is 12.6. The van der Waals surface area contributed by atoms with Crippen molar-refractivity contribution >= 4 is 28.0 Å². The van der Waals surface area contributed by atoms with Crippen molar-refractivity contribution in [1.29, 1.82) is 5.41 Å². The predicted molar refractivity (Wildman–Crippen MR) is 120 cm³/mol. The molecular weight excluding hydrogens is 436 g/mol. The van der Waals surface area contributed by atoms with Gasteiger partial charge in [0.2, 0.25) is 16.0 Å². The van der Waals surface area contributed by atoms with Crippen molar-refractivity contribution in [2.24, 2.45) is 5.73 Å². The average molecular weight is 463 g/mol. The Morgan fingerprint density at radius 1 is 1.16 bits per heavy atom. The Kier molecular flexibility index (Phi) is 9.20. The average Bonchev–Trinajstić information content (AvgIpc) is 2.76. The molecule has 2 rings (SSSR count). The monoisotopic (exact) mass is 462 g/mol. The van der Waals surface area contributed by atoms with E-state index in [1.54, 1.807) is 42.5 Å². The lowest BCUT2D eigenvalue weighted by molar-refractivity contribution is -0.138. The Balaban J connectivity index is 1.92. The summed E-state index contributed by atoms with van der Waals surface area (Å²) >= 11 is 0. The molecule has 0 aliphatic rings. The van der Waals surface area contributed by atoms with Crippen LogP contribution in [0.2, 0.25) is 0 Å². The number of hydrogen-bond donors (Lipinski definition) is 5. The Labute approximate surface area is 186 Å². The second-order valence-electron chi connectivity index (χ2n) is 6.70. The van der Waals surface area contributed by atoms with Gasteiger partial charge >= 0.3 is 5.97 Å². The molecule has 2 aromatic carbocycles. The molecule has 0 aliphatic heterocycles. The first-order chi connectivity index (χ1) is 15.2. The molecule has 0 saturated heterocycles. The molecular formula is C21H26N4O6S. The molecule has 0 unspecified atom stereocenters. The van der Waals surface area contributed by atoms with Gasteiger partial charge in [-0.1, -0.05) is 36.9 Å². The highest BCUT2D eigenvalue weighted by Gasteiger charge is 2.25. The van der Waals surface area contributed by atoms with E-state index >= 15 is 0 Å². The van der Waals surface area contributed by atoms with E-state index in [9.17, 15) is 18.3 Å². The van der Waals surface area contributed by atoms with Crippen molar-refractivity contribution in [2.75, 3.05) is 13.2 Å². The molecule has 6 N–H and O–H groups in total. The minimum absolute atomic E-state index is 0.0272.